The first-order chi connectivity index (χ1) is 18.2. The van der Waals surface area contributed by atoms with Crippen molar-refractivity contribution in [3.05, 3.63) is 117 Å². The molecule has 1 unspecified atom stereocenters. The van der Waals surface area contributed by atoms with E-state index in [1.165, 1.54) is 51.8 Å². The maximum absolute atomic E-state index is 2.63. The quantitative estimate of drug-likeness (QED) is 0.319. The van der Waals surface area contributed by atoms with Crippen LogP contribution in [0.5, 0.6) is 0 Å². The zero-order valence-corrected chi connectivity index (χ0v) is 25.6. The van der Waals surface area contributed by atoms with Crippen molar-refractivity contribution >= 4 is 0 Å². The second kappa shape index (κ2) is 8.57. The molecule has 3 aliphatic carbocycles. The van der Waals surface area contributed by atoms with E-state index in [0.717, 1.165) is 6.42 Å². The van der Waals surface area contributed by atoms with Gasteiger partial charge in [0.15, 0.2) is 0 Å². The number of fused-ring (bicyclic) bond motifs is 3. The molecule has 0 radical (unpaired) electrons. The topological polar surface area (TPSA) is 0 Å². The molecule has 1 atom stereocenters. The van der Waals surface area contributed by atoms with Gasteiger partial charge in [0.05, 0.1) is 0 Å². The van der Waals surface area contributed by atoms with Crippen LogP contribution in [0.15, 0.2) is 89.5 Å². The molecule has 0 bridgehead atoms. The summed E-state index contributed by atoms with van der Waals surface area (Å²) in [5.41, 5.74) is 15.5. The van der Waals surface area contributed by atoms with Crippen molar-refractivity contribution in [2.24, 2.45) is 5.41 Å². The Balaban J connectivity index is 1.65. The molecule has 6 rings (SSSR count). The Labute approximate surface area is 237 Å². The van der Waals surface area contributed by atoms with Crippen molar-refractivity contribution in [3.63, 3.8) is 0 Å². The summed E-state index contributed by atoms with van der Waals surface area (Å²) >= 11 is 0. The molecule has 0 aromatic heterocycles. The smallest absolute Gasteiger partial charge is 0.0315 e. The van der Waals surface area contributed by atoms with Crippen LogP contribution < -0.4 is 0 Å². The van der Waals surface area contributed by atoms with Gasteiger partial charge < -0.3 is 0 Å². The fourth-order valence-corrected chi connectivity index (χ4v) is 7.50. The Morgan fingerprint density at radius 1 is 0.641 bits per heavy atom. The van der Waals surface area contributed by atoms with Crippen LogP contribution in [0.4, 0.5) is 0 Å². The second-order valence-corrected chi connectivity index (χ2v) is 15.5. The molecule has 202 valence electrons. The SMILES string of the molecule is CC(C)(C)C1=CC2=C(CCC2(c2ccccc2)C2c3ccc(C(C)(C)C)cc3-c3cc(C(C)(C)C)ccc32)C1. The summed E-state index contributed by atoms with van der Waals surface area (Å²) in [5, 5.41) is 0. The van der Waals surface area contributed by atoms with Gasteiger partial charge in [0.1, 0.15) is 0 Å². The Bertz CT molecular complexity index is 1440. The lowest BCUT2D eigenvalue weighted by molar-refractivity contribution is 0.443. The highest BCUT2D eigenvalue weighted by atomic mass is 14.6. The molecule has 0 N–H and O–H groups in total. The third-order valence-electron chi connectivity index (χ3n) is 9.90. The number of hydrogen-bond acceptors (Lipinski definition) is 0. The van der Waals surface area contributed by atoms with E-state index in [-0.39, 0.29) is 21.7 Å². The van der Waals surface area contributed by atoms with E-state index >= 15 is 0 Å². The van der Waals surface area contributed by atoms with Gasteiger partial charge >= 0.3 is 0 Å². The van der Waals surface area contributed by atoms with Gasteiger partial charge in [-0.05, 0) is 80.0 Å². The molecule has 0 heterocycles. The summed E-state index contributed by atoms with van der Waals surface area (Å²) in [6.07, 6.45) is 6.15. The van der Waals surface area contributed by atoms with Crippen molar-refractivity contribution in [3.8, 4) is 11.1 Å². The molecule has 0 spiro atoms. The van der Waals surface area contributed by atoms with Crippen LogP contribution in [-0.2, 0) is 16.2 Å². The van der Waals surface area contributed by atoms with Gasteiger partial charge in [-0.15, -0.1) is 0 Å². The molecule has 3 aromatic carbocycles. The Morgan fingerprint density at radius 2 is 1.18 bits per heavy atom. The van der Waals surface area contributed by atoms with Crippen LogP contribution in [0, 0.1) is 5.41 Å². The molecule has 0 saturated carbocycles. The van der Waals surface area contributed by atoms with Crippen molar-refractivity contribution in [1.29, 1.82) is 0 Å². The molecule has 0 fully saturated rings. The van der Waals surface area contributed by atoms with Crippen molar-refractivity contribution in [2.75, 3.05) is 0 Å². The van der Waals surface area contributed by atoms with Gasteiger partial charge in [-0.3, -0.25) is 0 Å². The van der Waals surface area contributed by atoms with Crippen molar-refractivity contribution < 1.29 is 0 Å². The summed E-state index contributed by atoms with van der Waals surface area (Å²) in [6, 6.07) is 26.3. The van der Waals surface area contributed by atoms with Crippen molar-refractivity contribution in [2.45, 2.75) is 104 Å². The summed E-state index contributed by atoms with van der Waals surface area (Å²) < 4.78 is 0. The minimum Gasteiger partial charge on any atom is -0.0622 e. The fourth-order valence-electron chi connectivity index (χ4n) is 7.50. The van der Waals surface area contributed by atoms with Gasteiger partial charge in [0.25, 0.3) is 0 Å². The molecule has 0 aliphatic heterocycles. The van der Waals surface area contributed by atoms with E-state index in [0.29, 0.717) is 5.92 Å². The maximum atomic E-state index is 2.63. The molecule has 3 aliphatic rings. The normalized spacial score (nSPS) is 21.2. The predicted molar refractivity (Wildman–Crippen MR) is 168 cm³/mol. The molecule has 0 heteroatoms. The van der Waals surface area contributed by atoms with Gasteiger partial charge in [-0.1, -0.05) is 146 Å². The van der Waals surface area contributed by atoms with Gasteiger partial charge in [-0.25, -0.2) is 0 Å². The third kappa shape index (κ3) is 4.09. The average molecular weight is 515 g/mol. The maximum Gasteiger partial charge on any atom is 0.0315 e. The van der Waals surface area contributed by atoms with E-state index in [9.17, 15) is 0 Å². The van der Waals surface area contributed by atoms with Crippen LogP contribution in [0.2, 0.25) is 0 Å². The zero-order valence-electron chi connectivity index (χ0n) is 25.6. The molecular weight excluding hydrogens is 468 g/mol. The van der Waals surface area contributed by atoms with E-state index in [1.54, 1.807) is 16.7 Å². The lowest BCUT2D eigenvalue weighted by Crippen LogP contribution is -2.33. The summed E-state index contributed by atoms with van der Waals surface area (Å²) in [4.78, 5) is 0. The largest absolute Gasteiger partial charge is 0.0622 e. The molecule has 0 nitrogen and oxygen atoms in total. The molecular formula is C39H46. The minimum atomic E-state index is -0.0455. The number of allylic oxidation sites excluding steroid dienone is 4. The van der Waals surface area contributed by atoms with Gasteiger partial charge in [0.2, 0.25) is 0 Å². The van der Waals surface area contributed by atoms with E-state index in [1.807, 2.05) is 0 Å². The number of benzene rings is 3. The highest BCUT2D eigenvalue weighted by molar-refractivity contribution is 5.82. The molecule has 0 saturated heterocycles. The van der Waals surface area contributed by atoms with Crippen LogP contribution >= 0.6 is 0 Å². The molecule has 0 amide bonds. The molecule has 3 aromatic rings. The summed E-state index contributed by atoms with van der Waals surface area (Å²) in [5.74, 6) is 0.316. The predicted octanol–water partition coefficient (Wildman–Crippen LogP) is 10.8. The average Bonchev–Trinajstić information content (AvgIpc) is 3.53. The zero-order chi connectivity index (χ0) is 28.0. The Kier molecular flexibility index (Phi) is 5.79. The lowest BCUT2D eigenvalue weighted by atomic mass is 9.62. The highest BCUT2D eigenvalue weighted by Gasteiger charge is 2.53. The summed E-state index contributed by atoms with van der Waals surface area (Å²) in [7, 11) is 0. The Hall–Kier alpha value is -2.86. The van der Waals surface area contributed by atoms with Crippen molar-refractivity contribution in [1.82, 2.24) is 0 Å². The second-order valence-electron chi connectivity index (χ2n) is 15.5. The number of rotatable bonds is 2. The standard InChI is InChI=1S/C39H46/c1-36(2,3)27-15-17-30-32(22-27)33-23-28(37(4,5)6)16-18-31(33)35(30)39(26-13-11-10-12-14-26)20-19-25-21-29(24-34(25)39)38(7,8)9/h10-18,22-24,35H,19-21H2,1-9H3. The van der Waals surface area contributed by atoms with E-state index in [4.69, 9.17) is 0 Å². The first-order valence-corrected chi connectivity index (χ1v) is 15.0. The first kappa shape index (κ1) is 26.4. The van der Waals surface area contributed by atoms with Crippen LogP contribution in [0.25, 0.3) is 11.1 Å². The van der Waals surface area contributed by atoms with Crippen LogP contribution in [0.1, 0.15) is 115 Å². The highest BCUT2D eigenvalue weighted by Crippen LogP contribution is 2.64. The third-order valence-corrected chi connectivity index (χ3v) is 9.90. The number of hydrogen-bond donors (Lipinski definition) is 0. The van der Waals surface area contributed by atoms with E-state index < -0.39 is 0 Å². The van der Waals surface area contributed by atoms with Gasteiger partial charge in [0, 0.05) is 11.3 Å². The van der Waals surface area contributed by atoms with Gasteiger partial charge in [-0.2, -0.15) is 0 Å². The van der Waals surface area contributed by atoms with Crippen LogP contribution in [0.3, 0.4) is 0 Å². The Morgan fingerprint density at radius 3 is 1.67 bits per heavy atom. The first-order valence-electron chi connectivity index (χ1n) is 15.0. The lowest BCUT2D eigenvalue weighted by Gasteiger charge is -2.40. The summed E-state index contributed by atoms with van der Waals surface area (Å²) in [6.45, 7) is 21.2. The van der Waals surface area contributed by atoms with E-state index in [2.05, 4.69) is 135 Å². The van der Waals surface area contributed by atoms with Crippen LogP contribution in [-0.4, -0.2) is 0 Å². The molecule has 39 heavy (non-hydrogen) atoms. The fraction of sp³-hybridized carbons (Fsp3) is 0.436. The minimum absolute atomic E-state index is 0.0455. The monoisotopic (exact) mass is 514 g/mol.